The fourth-order valence-electron chi connectivity index (χ4n) is 4.53. The Labute approximate surface area is 176 Å². The number of aliphatic carboxylic acids is 1. The van der Waals surface area contributed by atoms with E-state index in [0.717, 1.165) is 74.2 Å². The number of ether oxygens (including phenoxy) is 1. The molecule has 1 N–H and O–H groups in total. The minimum Gasteiger partial charge on any atom is -0.481 e. The molecule has 5 nitrogen and oxygen atoms in total. The van der Waals surface area contributed by atoms with Crippen molar-refractivity contribution >= 4 is 34.2 Å². The van der Waals surface area contributed by atoms with Crippen LogP contribution in [0.15, 0.2) is 18.2 Å². The van der Waals surface area contributed by atoms with E-state index in [0.29, 0.717) is 11.3 Å². The maximum Gasteiger partial charge on any atom is 0.451 e. The summed E-state index contributed by atoms with van der Waals surface area (Å²) in [7, 11) is 0. The zero-order valence-corrected chi connectivity index (χ0v) is 17.6. The number of hydrogen-bond donors (Lipinski definition) is 1. The van der Waals surface area contributed by atoms with Crippen LogP contribution >= 0.6 is 22.6 Å². The van der Waals surface area contributed by atoms with E-state index in [1.807, 2.05) is 0 Å². The van der Waals surface area contributed by atoms with E-state index in [9.17, 15) is 18.8 Å². The van der Waals surface area contributed by atoms with E-state index in [-0.39, 0.29) is 23.5 Å². The van der Waals surface area contributed by atoms with Gasteiger partial charge in [0.25, 0.3) is 0 Å². The number of alkyl halides is 3. The number of nitrogens with zero attached hydrogens (tertiary/aromatic N) is 2. The number of rotatable bonds is 5. The number of anilines is 1. The van der Waals surface area contributed by atoms with Crippen molar-refractivity contribution in [2.45, 2.75) is 49.1 Å². The lowest BCUT2D eigenvalue weighted by molar-refractivity contribution is -0.138. The standard InChI is InChI=1S/C20H23F2IN2O3/c21-20(22,23)28-16-2-1-15(13-24)17(12-16)25-9-7-19(8-10-25)5-3-14(4-6-19)11-18(26)27/h1-2,12,14H,3-11H2,(H,26,27). The molecular formula is C20H23F2IN2O3. The Morgan fingerprint density at radius 3 is 2.50 bits per heavy atom. The van der Waals surface area contributed by atoms with Gasteiger partial charge in [-0.2, -0.15) is 14.0 Å². The molecule has 1 heterocycles. The monoisotopic (exact) mass is 504 g/mol. The lowest BCUT2D eigenvalue weighted by Crippen LogP contribution is -2.42. The third-order valence-corrected chi connectivity index (χ3v) is 6.34. The number of piperidine rings is 1. The number of hydrogen-bond acceptors (Lipinski definition) is 4. The zero-order chi connectivity index (χ0) is 20.4. The van der Waals surface area contributed by atoms with E-state index in [2.05, 4.69) is 15.7 Å². The van der Waals surface area contributed by atoms with Gasteiger partial charge in [0.05, 0.1) is 33.8 Å². The van der Waals surface area contributed by atoms with Crippen molar-refractivity contribution in [3.05, 3.63) is 23.8 Å². The first-order valence-electron chi connectivity index (χ1n) is 9.46. The Morgan fingerprint density at radius 1 is 1.32 bits per heavy atom. The van der Waals surface area contributed by atoms with Gasteiger partial charge in [0.1, 0.15) is 11.8 Å². The zero-order valence-electron chi connectivity index (χ0n) is 15.5. The van der Waals surface area contributed by atoms with Crippen molar-refractivity contribution in [3.8, 4) is 11.8 Å². The number of carboxylic acid groups (broad SMARTS) is 1. The number of benzene rings is 1. The lowest BCUT2D eigenvalue weighted by atomic mass is 9.65. The highest BCUT2D eigenvalue weighted by molar-refractivity contribution is 14.1. The van der Waals surface area contributed by atoms with E-state index < -0.39 is 10.1 Å². The van der Waals surface area contributed by atoms with Crippen molar-refractivity contribution in [3.63, 3.8) is 0 Å². The average Bonchev–Trinajstić information content (AvgIpc) is 2.63. The SMILES string of the molecule is N#Cc1ccc(OC(F)(F)I)cc1N1CCC2(CCC(CC(=O)O)CC2)CC1. The molecule has 1 aromatic rings. The number of carbonyl (C=O) groups is 1. The van der Waals surface area contributed by atoms with Crippen LogP contribution in [-0.4, -0.2) is 28.3 Å². The Morgan fingerprint density at radius 2 is 1.96 bits per heavy atom. The molecule has 1 aliphatic carbocycles. The van der Waals surface area contributed by atoms with Gasteiger partial charge in [0.2, 0.25) is 0 Å². The van der Waals surface area contributed by atoms with Crippen molar-refractivity contribution in [1.82, 2.24) is 0 Å². The molecule has 1 saturated heterocycles. The number of nitriles is 1. The summed E-state index contributed by atoms with van der Waals surface area (Å²) < 4.78 is 27.7. The largest absolute Gasteiger partial charge is 0.481 e. The van der Waals surface area contributed by atoms with Crippen molar-refractivity contribution in [2.24, 2.45) is 11.3 Å². The third kappa shape index (κ3) is 5.25. The first-order valence-corrected chi connectivity index (χ1v) is 10.5. The Kier molecular flexibility index (Phi) is 6.32. The molecule has 152 valence electrons. The molecule has 1 aromatic carbocycles. The van der Waals surface area contributed by atoms with E-state index in [1.165, 1.54) is 18.2 Å². The maximum absolute atomic E-state index is 13.2. The summed E-state index contributed by atoms with van der Waals surface area (Å²) in [6, 6.07) is 6.57. The summed E-state index contributed by atoms with van der Waals surface area (Å²) in [5, 5.41) is 18.4. The summed E-state index contributed by atoms with van der Waals surface area (Å²) in [6.45, 7) is 1.50. The van der Waals surface area contributed by atoms with Crippen LogP contribution in [0.4, 0.5) is 14.5 Å². The van der Waals surface area contributed by atoms with Gasteiger partial charge in [0.15, 0.2) is 0 Å². The van der Waals surface area contributed by atoms with Crippen LogP contribution in [0.5, 0.6) is 5.75 Å². The molecule has 0 radical (unpaired) electrons. The first kappa shape index (κ1) is 21.1. The summed E-state index contributed by atoms with van der Waals surface area (Å²) in [5.41, 5.74) is 1.32. The number of carboxylic acids is 1. The highest BCUT2D eigenvalue weighted by Crippen LogP contribution is 2.48. The van der Waals surface area contributed by atoms with Gasteiger partial charge in [-0.1, -0.05) is 0 Å². The molecule has 1 saturated carbocycles. The van der Waals surface area contributed by atoms with E-state index in [1.54, 1.807) is 0 Å². The lowest BCUT2D eigenvalue weighted by Gasteiger charge is -2.46. The third-order valence-electron chi connectivity index (χ3n) is 6.12. The molecular weight excluding hydrogens is 481 g/mol. The molecule has 0 amide bonds. The summed E-state index contributed by atoms with van der Waals surface area (Å²) in [6.07, 6.45) is 6.15. The predicted octanol–water partition coefficient (Wildman–Crippen LogP) is 5.17. The van der Waals surface area contributed by atoms with E-state index >= 15 is 0 Å². The van der Waals surface area contributed by atoms with Gasteiger partial charge >= 0.3 is 10.1 Å². The smallest absolute Gasteiger partial charge is 0.451 e. The molecule has 0 unspecified atom stereocenters. The highest BCUT2D eigenvalue weighted by Gasteiger charge is 2.39. The summed E-state index contributed by atoms with van der Waals surface area (Å²) >= 11 is 0.927. The fourth-order valence-corrected chi connectivity index (χ4v) is 4.78. The van der Waals surface area contributed by atoms with Crippen LogP contribution in [-0.2, 0) is 4.79 Å². The highest BCUT2D eigenvalue weighted by atomic mass is 127. The summed E-state index contributed by atoms with van der Waals surface area (Å²) in [5.74, 6) is -0.406. The van der Waals surface area contributed by atoms with Gasteiger partial charge in [-0.15, -0.1) is 0 Å². The van der Waals surface area contributed by atoms with Crippen LogP contribution in [0, 0.1) is 22.7 Å². The Hall–Kier alpha value is -1.63. The minimum absolute atomic E-state index is 0.0443. The molecule has 2 aliphatic rings. The second-order valence-electron chi connectivity index (χ2n) is 7.87. The average molecular weight is 504 g/mol. The molecule has 28 heavy (non-hydrogen) atoms. The number of halogens is 3. The van der Waals surface area contributed by atoms with Gasteiger partial charge in [-0.25, -0.2) is 0 Å². The Balaban J connectivity index is 1.66. The maximum atomic E-state index is 13.2. The van der Waals surface area contributed by atoms with Gasteiger partial charge < -0.3 is 14.7 Å². The van der Waals surface area contributed by atoms with Gasteiger partial charge in [-0.3, -0.25) is 4.79 Å². The topological polar surface area (TPSA) is 73.6 Å². The normalized spacial score (nSPS) is 20.0. The second-order valence-corrected chi connectivity index (χ2v) is 9.12. The van der Waals surface area contributed by atoms with Crippen LogP contribution in [0.1, 0.15) is 50.5 Å². The fraction of sp³-hybridized carbons (Fsp3) is 0.600. The van der Waals surface area contributed by atoms with Crippen molar-refractivity contribution in [2.75, 3.05) is 18.0 Å². The molecule has 8 heteroatoms. The van der Waals surface area contributed by atoms with Crippen LogP contribution in [0.25, 0.3) is 0 Å². The molecule has 1 aliphatic heterocycles. The van der Waals surface area contributed by atoms with Crippen LogP contribution in [0.3, 0.4) is 0 Å². The minimum atomic E-state index is -3.30. The van der Waals surface area contributed by atoms with Gasteiger partial charge in [-0.05, 0) is 62.0 Å². The van der Waals surface area contributed by atoms with Crippen molar-refractivity contribution < 1.29 is 23.4 Å². The molecule has 3 rings (SSSR count). The molecule has 1 spiro atoms. The van der Waals surface area contributed by atoms with E-state index in [4.69, 9.17) is 5.11 Å². The quantitative estimate of drug-likeness (QED) is 0.443. The molecule has 0 aromatic heterocycles. The first-order chi connectivity index (χ1) is 13.2. The molecule has 0 bridgehead atoms. The van der Waals surface area contributed by atoms with Crippen LogP contribution in [0.2, 0.25) is 0 Å². The Bertz CT molecular complexity index is 758. The van der Waals surface area contributed by atoms with Gasteiger partial charge in [0, 0.05) is 25.6 Å². The molecule has 2 fully saturated rings. The van der Waals surface area contributed by atoms with Crippen molar-refractivity contribution in [1.29, 1.82) is 5.26 Å². The predicted molar refractivity (Wildman–Crippen MR) is 109 cm³/mol. The molecule has 0 atom stereocenters. The second kappa shape index (κ2) is 8.39. The summed E-state index contributed by atoms with van der Waals surface area (Å²) in [4.78, 5) is 13.0. The van der Waals surface area contributed by atoms with Crippen LogP contribution < -0.4 is 9.64 Å².